The quantitative estimate of drug-likeness (QED) is 0.528. The van der Waals surface area contributed by atoms with Crippen molar-refractivity contribution in [2.45, 2.75) is 11.8 Å². The molecule has 0 aliphatic rings. The third-order valence-corrected chi connectivity index (χ3v) is 5.29. The van der Waals surface area contributed by atoms with Crippen molar-refractivity contribution < 1.29 is 42.8 Å². The largest absolute Gasteiger partial charge is 1.00 e. The zero-order chi connectivity index (χ0) is 16.5. The number of hydrogen-bond donors (Lipinski definition) is 0. The third-order valence-electron chi connectivity index (χ3n) is 2.69. The number of carbonyl (C=O) groups excluding carboxylic acids is 1. The molecule has 2 aromatic rings. The normalized spacial score (nSPS) is 10.8. The molecule has 0 unspecified atom stereocenters. The van der Waals surface area contributed by atoms with Gasteiger partial charge in [-0.3, -0.25) is 0 Å². The Morgan fingerprint density at radius 2 is 1.91 bits per heavy atom. The molecule has 2 rings (SSSR count). The molecule has 116 valence electrons. The van der Waals surface area contributed by atoms with E-state index in [-0.39, 0.29) is 45.2 Å². The van der Waals surface area contributed by atoms with E-state index in [4.69, 9.17) is 23.2 Å². The molecular weight excluding hydrogens is 438 g/mol. The summed E-state index contributed by atoms with van der Waals surface area (Å²) in [7, 11) is -4.18. The van der Waals surface area contributed by atoms with Crippen LogP contribution in [0, 0.1) is 6.92 Å². The van der Waals surface area contributed by atoms with E-state index in [1.807, 2.05) is 0 Å². The van der Waals surface area contributed by atoms with Crippen LogP contribution < -0.4 is 29.6 Å². The van der Waals surface area contributed by atoms with Gasteiger partial charge in [0.1, 0.15) is 15.2 Å². The fourth-order valence-corrected chi connectivity index (χ4v) is 3.33. The standard InChI is InChI=1S/C13H9BrCl2N2O3S.Na/c1-7-4-8(15)2-3-10(7)13(19)18-22(20,21)9-5-11(14)12(16)17-6-9;/h2-6H,1H3,(H,18,19);/q;+1/p-1. The van der Waals surface area contributed by atoms with Crippen LogP contribution in [0.3, 0.4) is 0 Å². The zero-order valence-electron chi connectivity index (χ0n) is 12.0. The maximum atomic E-state index is 12.1. The van der Waals surface area contributed by atoms with E-state index >= 15 is 0 Å². The van der Waals surface area contributed by atoms with Crippen molar-refractivity contribution >= 4 is 55.1 Å². The number of aromatic nitrogens is 1. The molecule has 1 amide bonds. The summed E-state index contributed by atoms with van der Waals surface area (Å²) in [5.74, 6) is -0.875. The van der Waals surface area contributed by atoms with Gasteiger partial charge in [0.15, 0.2) is 0 Å². The predicted molar refractivity (Wildman–Crippen MR) is 88.0 cm³/mol. The van der Waals surface area contributed by atoms with Gasteiger partial charge in [0.25, 0.3) is 0 Å². The van der Waals surface area contributed by atoms with Gasteiger partial charge in [-0.1, -0.05) is 29.3 Å². The van der Waals surface area contributed by atoms with E-state index < -0.39 is 15.9 Å². The number of sulfonamides is 1. The maximum absolute atomic E-state index is 12.1. The molecule has 0 saturated heterocycles. The Hall–Kier alpha value is -0.150. The Balaban J connectivity index is 0.00000264. The maximum Gasteiger partial charge on any atom is 1.00 e. The monoisotopic (exact) mass is 444 g/mol. The number of benzene rings is 1. The van der Waals surface area contributed by atoms with Crippen LogP contribution >= 0.6 is 39.1 Å². The first-order valence-electron chi connectivity index (χ1n) is 5.80. The average molecular weight is 446 g/mol. The van der Waals surface area contributed by atoms with Gasteiger partial charge in [-0.25, -0.2) is 13.4 Å². The molecule has 10 heteroatoms. The molecule has 0 N–H and O–H groups in total. The number of carbonyl (C=O) groups is 1. The van der Waals surface area contributed by atoms with Crippen molar-refractivity contribution in [1.82, 2.24) is 4.98 Å². The number of halogens is 3. The van der Waals surface area contributed by atoms with Gasteiger partial charge in [0, 0.05) is 16.8 Å². The molecule has 23 heavy (non-hydrogen) atoms. The third kappa shape index (κ3) is 5.16. The average Bonchev–Trinajstić information content (AvgIpc) is 2.40. The Kier molecular flexibility index (Phi) is 7.53. The summed E-state index contributed by atoms with van der Waals surface area (Å²) >= 11 is 14.6. The molecular formula is C13H8BrCl2N2NaO3S. The van der Waals surface area contributed by atoms with Crippen molar-refractivity contribution in [3.63, 3.8) is 0 Å². The van der Waals surface area contributed by atoms with Gasteiger partial charge in [0.2, 0.25) is 0 Å². The first-order chi connectivity index (χ1) is 10.2. The van der Waals surface area contributed by atoms with E-state index in [1.165, 1.54) is 18.2 Å². The van der Waals surface area contributed by atoms with E-state index in [2.05, 4.69) is 25.6 Å². The minimum Gasteiger partial charge on any atom is -0.537 e. The van der Waals surface area contributed by atoms with Crippen LogP contribution in [-0.4, -0.2) is 19.3 Å². The van der Waals surface area contributed by atoms with Crippen molar-refractivity contribution in [3.8, 4) is 0 Å². The van der Waals surface area contributed by atoms with Crippen LogP contribution in [0.4, 0.5) is 0 Å². The fraction of sp³-hybridized carbons (Fsp3) is 0.0769. The van der Waals surface area contributed by atoms with E-state index in [9.17, 15) is 13.2 Å². The molecule has 0 aliphatic heterocycles. The first kappa shape index (κ1) is 20.9. The molecule has 0 aliphatic carbocycles. The summed E-state index contributed by atoms with van der Waals surface area (Å²) in [5, 5.41) is 0.557. The number of aryl methyl sites for hydroxylation is 1. The fourth-order valence-electron chi connectivity index (χ4n) is 1.62. The summed E-state index contributed by atoms with van der Waals surface area (Å²) in [4.78, 5) is 15.5. The van der Waals surface area contributed by atoms with Crippen molar-refractivity contribution in [2.75, 3.05) is 0 Å². The summed E-state index contributed by atoms with van der Waals surface area (Å²) in [5.41, 5.74) is 0.695. The second-order valence-electron chi connectivity index (χ2n) is 4.27. The van der Waals surface area contributed by atoms with Crippen LogP contribution in [0.15, 0.2) is 39.8 Å². The molecule has 1 aromatic carbocycles. The van der Waals surface area contributed by atoms with Crippen molar-refractivity contribution in [2.24, 2.45) is 0 Å². The molecule has 0 saturated carbocycles. The van der Waals surface area contributed by atoms with Crippen molar-refractivity contribution in [3.05, 3.63) is 61.0 Å². The first-order valence-corrected chi connectivity index (χ1v) is 8.79. The molecule has 0 fully saturated rings. The van der Waals surface area contributed by atoms with Crippen molar-refractivity contribution in [1.29, 1.82) is 0 Å². The second-order valence-corrected chi connectivity index (χ2v) is 7.53. The molecule has 0 radical (unpaired) electrons. The van der Waals surface area contributed by atoms with E-state index in [0.29, 0.717) is 15.1 Å². The van der Waals surface area contributed by atoms with Gasteiger partial charge in [0.05, 0.1) is 15.3 Å². The molecule has 5 nitrogen and oxygen atoms in total. The minimum absolute atomic E-state index is 0. The second kappa shape index (κ2) is 8.29. The molecule has 1 aromatic heterocycles. The summed E-state index contributed by atoms with van der Waals surface area (Å²) < 4.78 is 27.9. The summed E-state index contributed by atoms with van der Waals surface area (Å²) in [6.07, 6.45) is 1.04. The van der Waals surface area contributed by atoms with Crippen LogP contribution in [0.1, 0.15) is 15.9 Å². The number of amides is 1. The SMILES string of the molecule is Cc1cc(Cl)ccc1C(=O)[N-]S(=O)(=O)c1cnc(Cl)c(Br)c1.[Na+]. The molecule has 1 heterocycles. The molecule has 0 atom stereocenters. The number of nitrogens with zero attached hydrogens (tertiary/aromatic N) is 2. The molecule has 0 bridgehead atoms. The predicted octanol–water partition coefficient (Wildman–Crippen LogP) is 1.37. The Labute approximate surface area is 174 Å². The number of rotatable bonds is 3. The van der Waals surface area contributed by atoms with Crippen LogP contribution in [0.2, 0.25) is 10.2 Å². The van der Waals surface area contributed by atoms with Gasteiger partial charge in [-0.2, -0.15) is 0 Å². The van der Waals surface area contributed by atoms with Gasteiger partial charge in [-0.05, 0) is 46.6 Å². The topological polar surface area (TPSA) is 78.2 Å². The Morgan fingerprint density at radius 3 is 2.48 bits per heavy atom. The Morgan fingerprint density at radius 1 is 1.26 bits per heavy atom. The number of hydrogen-bond acceptors (Lipinski definition) is 4. The Bertz CT molecular complexity index is 862. The minimum atomic E-state index is -4.18. The van der Waals surface area contributed by atoms with E-state index in [1.54, 1.807) is 13.0 Å². The molecule has 0 spiro atoms. The van der Waals surface area contributed by atoms with Crippen LogP contribution in [-0.2, 0) is 10.0 Å². The van der Waals surface area contributed by atoms with Gasteiger partial charge >= 0.3 is 29.6 Å². The van der Waals surface area contributed by atoms with E-state index in [0.717, 1.165) is 6.20 Å². The van der Waals surface area contributed by atoms with Crippen LogP contribution in [0.5, 0.6) is 0 Å². The zero-order valence-corrected chi connectivity index (χ0v) is 18.0. The number of pyridine rings is 1. The summed E-state index contributed by atoms with van der Waals surface area (Å²) in [6, 6.07) is 5.70. The van der Waals surface area contributed by atoms with Gasteiger partial charge in [-0.15, -0.1) is 0 Å². The summed E-state index contributed by atoms with van der Waals surface area (Å²) in [6.45, 7) is 1.64. The van der Waals surface area contributed by atoms with Gasteiger partial charge < -0.3 is 9.52 Å². The smallest absolute Gasteiger partial charge is 0.537 e. The van der Waals surface area contributed by atoms with Crippen LogP contribution in [0.25, 0.3) is 4.72 Å².